The molecular formula is C24H19BrN4O3. The predicted molar refractivity (Wildman–Crippen MR) is 128 cm³/mol. The van der Waals surface area contributed by atoms with Gasteiger partial charge in [0.2, 0.25) is 0 Å². The summed E-state index contributed by atoms with van der Waals surface area (Å²) >= 11 is 3.41. The first kappa shape index (κ1) is 21.3. The minimum atomic E-state index is -0.903. The van der Waals surface area contributed by atoms with Gasteiger partial charge in [-0.1, -0.05) is 51.8 Å². The maximum atomic E-state index is 13.0. The lowest BCUT2D eigenvalue weighted by Gasteiger charge is -2.13. The molecule has 1 aromatic heterocycles. The molecule has 1 heterocycles. The number of hydrogen-bond donors (Lipinski definition) is 3. The molecular weight excluding hydrogens is 472 g/mol. The number of carbonyl (C=O) groups excluding carboxylic acids is 3. The van der Waals surface area contributed by atoms with Gasteiger partial charge in [-0.15, -0.1) is 0 Å². The van der Waals surface area contributed by atoms with E-state index in [0.717, 1.165) is 15.4 Å². The summed E-state index contributed by atoms with van der Waals surface area (Å²) in [4.78, 5) is 38.1. The van der Waals surface area contributed by atoms with Crippen LogP contribution in [0.1, 0.15) is 16.1 Å². The summed E-state index contributed by atoms with van der Waals surface area (Å²) in [5, 5.41) is 6.07. The van der Waals surface area contributed by atoms with Gasteiger partial charge in [-0.2, -0.15) is 0 Å². The molecule has 3 aromatic carbocycles. The molecule has 0 saturated heterocycles. The van der Waals surface area contributed by atoms with Crippen LogP contribution in [-0.4, -0.2) is 22.4 Å². The van der Waals surface area contributed by atoms with E-state index in [2.05, 4.69) is 32.0 Å². The van der Waals surface area contributed by atoms with Crippen LogP contribution < -0.4 is 16.1 Å². The third-order valence-corrected chi connectivity index (χ3v) is 5.25. The number of hydrogen-bond acceptors (Lipinski definition) is 3. The molecule has 0 aliphatic rings. The number of nitrogens with zero attached hydrogens (tertiary/aromatic N) is 1. The van der Waals surface area contributed by atoms with E-state index in [1.165, 1.54) is 4.68 Å². The Hall–Kier alpha value is -3.91. The van der Waals surface area contributed by atoms with Gasteiger partial charge in [-0.3, -0.25) is 19.8 Å². The Morgan fingerprint density at radius 1 is 0.781 bits per heavy atom. The molecule has 4 rings (SSSR count). The van der Waals surface area contributed by atoms with E-state index in [1.54, 1.807) is 54.6 Å². The minimum Gasteiger partial charge on any atom is -0.321 e. The molecule has 3 amide bonds. The molecule has 0 saturated carbocycles. The van der Waals surface area contributed by atoms with Gasteiger partial charge in [0.15, 0.2) is 0 Å². The minimum absolute atomic E-state index is 0.179. The Kier molecular flexibility index (Phi) is 6.04. The zero-order valence-electron chi connectivity index (χ0n) is 17.1. The van der Waals surface area contributed by atoms with Gasteiger partial charge in [-0.05, 0) is 55.5 Å². The number of amides is 3. The van der Waals surface area contributed by atoms with Crippen LogP contribution in [0.4, 0.5) is 11.4 Å². The second-order valence-corrected chi connectivity index (χ2v) is 8.07. The van der Waals surface area contributed by atoms with Crippen LogP contribution in [0.2, 0.25) is 0 Å². The first-order chi connectivity index (χ1) is 15.4. The Morgan fingerprint density at radius 2 is 1.47 bits per heavy atom. The van der Waals surface area contributed by atoms with E-state index in [9.17, 15) is 14.4 Å². The van der Waals surface area contributed by atoms with Crippen molar-refractivity contribution in [3.8, 4) is 0 Å². The lowest BCUT2D eigenvalue weighted by Crippen LogP contribution is -2.36. The number of aryl methyl sites for hydroxylation is 1. The molecule has 0 spiro atoms. The maximum Gasteiger partial charge on any atom is 0.328 e. The summed E-state index contributed by atoms with van der Waals surface area (Å²) in [6, 6.07) is 23.1. The van der Waals surface area contributed by atoms with E-state index < -0.39 is 17.7 Å². The van der Waals surface area contributed by atoms with E-state index >= 15 is 0 Å². The van der Waals surface area contributed by atoms with Gasteiger partial charge in [-0.25, -0.2) is 4.68 Å². The lowest BCUT2D eigenvalue weighted by molar-refractivity contribution is -0.133. The van der Waals surface area contributed by atoms with Gasteiger partial charge in [0.05, 0.1) is 5.52 Å². The lowest BCUT2D eigenvalue weighted by atomic mass is 10.2. The molecule has 32 heavy (non-hydrogen) atoms. The number of halogens is 1. The zero-order valence-corrected chi connectivity index (χ0v) is 18.6. The van der Waals surface area contributed by atoms with Gasteiger partial charge < -0.3 is 10.6 Å². The van der Waals surface area contributed by atoms with Crippen molar-refractivity contribution in [2.75, 3.05) is 16.1 Å². The summed E-state index contributed by atoms with van der Waals surface area (Å²) in [7, 11) is 0. The molecule has 0 atom stereocenters. The molecule has 0 unspecified atom stereocenters. The number of carbonyl (C=O) groups is 3. The molecule has 7 nitrogen and oxygen atoms in total. The van der Waals surface area contributed by atoms with Crippen molar-refractivity contribution >= 4 is 55.9 Å². The number of aromatic nitrogens is 1. The van der Waals surface area contributed by atoms with Crippen molar-refractivity contribution in [2.45, 2.75) is 6.92 Å². The van der Waals surface area contributed by atoms with Crippen LogP contribution in [0.3, 0.4) is 0 Å². The highest BCUT2D eigenvalue weighted by atomic mass is 79.9. The molecule has 3 N–H and O–H groups in total. The number of anilines is 2. The smallest absolute Gasteiger partial charge is 0.321 e. The van der Waals surface area contributed by atoms with Gasteiger partial charge in [0, 0.05) is 21.2 Å². The summed E-state index contributed by atoms with van der Waals surface area (Å²) in [5.41, 5.74) is 5.43. The average molecular weight is 491 g/mol. The fourth-order valence-electron chi connectivity index (χ4n) is 3.17. The molecule has 0 radical (unpaired) electrons. The SMILES string of the molecule is Cc1ccc(NC(=O)C(=O)Nn2c(C(=O)Nc3ccccc3)cc3cc(Br)ccc32)cc1. The third kappa shape index (κ3) is 4.70. The van der Waals surface area contributed by atoms with E-state index in [4.69, 9.17) is 0 Å². The molecule has 0 bridgehead atoms. The highest BCUT2D eigenvalue weighted by Gasteiger charge is 2.21. The summed E-state index contributed by atoms with van der Waals surface area (Å²) < 4.78 is 2.14. The number of para-hydroxylation sites is 1. The second kappa shape index (κ2) is 9.07. The highest BCUT2D eigenvalue weighted by molar-refractivity contribution is 9.10. The van der Waals surface area contributed by atoms with E-state index in [0.29, 0.717) is 16.9 Å². The fourth-order valence-corrected chi connectivity index (χ4v) is 3.55. The first-order valence-electron chi connectivity index (χ1n) is 9.77. The van der Waals surface area contributed by atoms with Crippen LogP contribution in [0, 0.1) is 6.92 Å². The van der Waals surface area contributed by atoms with Crippen molar-refractivity contribution in [1.29, 1.82) is 0 Å². The average Bonchev–Trinajstić information content (AvgIpc) is 3.13. The van der Waals surface area contributed by atoms with Crippen LogP contribution in [-0.2, 0) is 9.59 Å². The summed E-state index contributed by atoms with van der Waals surface area (Å²) in [6.07, 6.45) is 0. The summed E-state index contributed by atoms with van der Waals surface area (Å²) in [6.45, 7) is 1.93. The zero-order chi connectivity index (χ0) is 22.7. The summed E-state index contributed by atoms with van der Waals surface area (Å²) in [5.74, 6) is -2.18. The van der Waals surface area contributed by atoms with Gasteiger partial charge >= 0.3 is 11.8 Å². The Bertz CT molecular complexity index is 1310. The number of nitrogens with one attached hydrogen (secondary N) is 3. The Balaban J connectivity index is 1.62. The number of rotatable bonds is 4. The molecule has 160 valence electrons. The van der Waals surface area contributed by atoms with Crippen LogP contribution in [0.25, 0.3) is 10.9 Å². The second-order valence-electron chi connectivity index (χ2n) is 7.15. The Labute approximate surface area is 192 Å². The van der Waals surface area contributed by atoms with Crippen molar-refractivity contribution in [3.05, 3.63) is 94.6 Å². The molecule has 4 aromatic rings. The van der Waals surface area contributed by atoms with Crippen LogP contribution in [0.5, 0.6) is 0 Å². The van der Waals surface area contributed by atoms with E-state index in [-0.39, 0.29) is 5.69 Å². The van der Waals surface area contributed by atoms with Gasteiger partial charge in [0.1, 0.15) is 5.69 Å². The van der Waals surface area contributed by atoms with Crippen molar-refractivity contribution < 1.29 is 14.4 Å². The van der Waals surface area contributed by atoms with E-state index in [1.807, 2.05) is 31.2 Å². The number of fused-ring (bicyclic) bond motifs is 1. The van der Waals surface area contributed by atoms with Gasteiger partial charge in [0.25, 0.3) is 5.91 Å². The van der Waals surface area contributed by atoms with Crippen LogP contribution in [0.15, 0.2) is 83.3 Å². The molecule has 0 aliphatic heterocycles. The van der Waals surface area contributed by atoms with Crippen molar-refractivity contribution in [3.63, 3.8) is 0 Å². The highest BCUT2D eigenvalue weighted by Crippen LogP contribution is 2.24. The Morgan fingerprint density at radius 3 is 2.19 bits per heavy atom. The van der Waals surface area contributed by atoms with Crippen LogP contribution >= 0.6 is 15.9 Å². The van der Waals surface area contributed by atoms with Crippen molar-refractivity contribution in [2.24, 2.45) is 0 Å². The molecule has 0 fully saturated rings. The quantitative estimate of drug-likeness (QED) is 0.362. The monoisotopic (exact) mass is 490 g/mol. The van der Waals surface area contributed by atoms with Crippen molar-refractivity contribution in [1.82, 2.24) is 4.68 Å². The predicted octanol–water partition coefficient (Wildman–Crippen LogP) is 4.67. The standard InChI is InChI=1S/C24H19BrN4O3/c1-15-7-10-19(11-8-15)27-23(31)24(32)28-29-20-12-9-17(25)13-16(20)14-21(29)22(30)26-18-5-3-2-4-6-18/h2-14H,1H3,(H,26,30)(H,27,31)(H,28,32). The maximum absolute atomic E-state index is 13.0. The first-order valence-corrected chi connectivity index (χ1v) is 10.6. The molecule has 8 heteroatoms. The molecule has 0 aliphatic carbocycles. The number of benzene rings is 3. The topological polar surface area (TPSA) is 92.2 Å². The fraction of sp³-hybridized carbons (Fsp3) is 0.0417. The largest absolute Gasteiger partial charge is 0.328 e. The normalized spacial score (nSPS) is 10.6. The third-order valence-electron chi connectivity index (χ3n) is 4.76.